The maximum Gasteiger partial charge on any atom is -0.0360 e. The summed E-state index contributed by atoms with van der Waals surface area (Å²) < 4.78 is 0. The third kappa shape index (κ3) is 3.00. The summed E-state index contributed by atoms with van der Waals surface area (Å²) in [5, 5.41) is 0. The molecule has 4 unspecified atom stereocenters. The summed E-state index contributed by atoms with van der Waals surface area (Å²) in [5.74, 6) is 4.93. The Balaban J connectivity index is 2.20. The lowest BCUT2D eigenvalue weighted by Crippen LogP contribution is -2.08. The molecule has 0 N–H and O–H groups in total. The molecule has 0 amide bonds. The zero-order chi connectivity index (χ0) is 10.0. The predicted octanol–water partition coefficient (Wildman–Crippen LogP) is 4.35. The molecule has 0 nitrogen and oxygen atoms in total. The van der Waals surface area contributed by atoms with Crippen molar-refractivity contribution in [1.82, 2.24) is 0 Å². The fraction of sp³-hybridized carbons (Fsp3) is 1.00. The summed E-state index contributed by atoms with van der Waals surface area (Å²) in [6.45, 7) is 11.9. The van der Waals surface area contributed by atoms with E-state index in [1.54, 1.807) is 0 Å². The Morgan fingerprint density at radius 2 is 1.69 bits per heavy atom. The molecule has 0 heterocycles. The highest BCUT2D eigenvalue weighted by Crippen LogP contribution is 2.48. The maximum absolute atomic E-state index is 2.43. The molecule has 1 aliphatic rings. The normalized spacial score (nSPS) is 31.8. The van der Waals surface area contributed by atoms with E-state index < -0.39 is 0 Å². The van der Waals surface area contributed by atoms with Crippen molar-refractivity contribution in [3.63, 3.8) is 0 Å². The van der Waals surface area contributed by atoms with Gasteiger partial charge in [-0.3, -0.25) is 0 Å². The second-order valence-corrected chi connectivity index (χ2v) is 5.50. The fourth-order valence-corrected chi connectivity index (χ4v) is 2.47. The van der Waals surface area contributed by atoms with Gasteiger partial charge in [0.2, 0.25) is 0 Å². The van der Waals surface area contributed by atoms with E-state index in [9.17, 15) is 0 Å². The van der Waals surface area contributed by atoms with Crippen molar-refractivity contribution < 1.29 is 0 Å². The van der Waals surface area contributed by atoms with E-state index in [2.05, 4.69) is 34.6 Å². The van der Waals surface area contributed by atoms with Gasteiger partial charge in [-0.2, -0.15) is 0 Å². The molecule has 0 saturated heterocycles. The molecule has 0 bridgehead atoms. The Morgan fingerprint density at radius 1 is 1.08 bits per heavy atom. The van der Waals surface area contributed by atoms with Crippen LogP contribution in [0.15, 0.2) is 0 Å². The van der Waals surface area contributed by atoms with Gasteiger partial charge in [0.1, 0.15) is 0 Å². The summed E-state index contributed by atoms with van der Waals surface area (Å²) >= 11 is 0. The minimum Gasteiger partial charge on any atom is -0.0651 e. The molecule has 4 atom stereocenters. The largest absolute Gasteiger partial charge is 0.0651 e. The predicted molar refractivity (Wildman–Crippen MR) is 59.7 cm³/mol. The van der Waals surface area contributed by atoms with Crippen molar-refractivity contribution in [1.29, 1.82) is 0 Å². The van der Waals surface area contributed by atoms with E-state index in [1.165, 1.54) is 19.3 Å². The summed E-state index contributed by atoms with van der Waals surface area (Å²) in [7, 11) is 0. The SMILES string of the molecule is CCC(C)C(C)CC1CC1C(C)C. The summed E-state index contributed by atoms with van der Waals surface area (Å²) in [6, 6.07) is 0. The van der Waals surface area contributed by atoms with Crippen LogP contribution in [0.1, 0.15) is 53.9 Å². The van der Waals surface area contributed by atoms with Crippen LogP contribution in [-0.2, 0) is 0 Å². The molecule has 0 aromatic carbocycles. The van der Waals surface area contributed by atoms with Crippen LogP contribution in [0.3, 0.4) is 0 Å². The van der Waals surface area contributed by atoms with Crippen LogP contribution in [-0.4, -0.2) is 0 Å². The zero-order valence-electron chi connectivity index (χ0n) is 10.0. The topological polar surface area (TPSA) is 0 Å². The van der Waals surface area contributed by atoms with Crippen LogP contribution in [0.5, 0.6) is 0 Å². The van der Waals surface area contributed by atoms with Crippen LogP contribution in [0.4, 0.5) is 0 Å². The molecule has 0 aromatic heterocycles. The lowest BCUT2D eigenvalue weighted by Gasteiger charge is -2.18. The minimum absolute atomic E-state index is 0.924. The zero-order valence-corrected chi connectivity index (χ0v) is 10.0. The van der Waals surface area contributed by atoms with Gasteiger partial charge in [0.25, 0.3) is 0 Å². The van der Waals surface area contributed by atoms with E-state index >= 15 is 0 Å². The molecule has 0 radical (unpaired) electrons. The van der Waals surface area contributed by atoms with Crippen molar-refractivity contribution in [3.05, 3.63) is 0 Å². The molecular formula is C13H26. The first-order valence-electron chi connectivity index (χ1n) is 6.06. The molecule has 0 heteroatoms. The monoisotopic (exact) mass is 182 g/mol. The molecule has 1 fully saturated rings. The van der Waals surface area contributed by atoms with Gasteiger partial charge in [0, 0.05) is 0 Å². The Hall–Kier alpha value is 0. The summed E-state index contributed by atoms with van der Waals surface area (Å²) in [4.78, 5) is 0. The van der Waals surface area contributed by atoms with Gasteiger partial charge in [0.15, 0.2) is 0 Å². The van der Waals surface area contributed by atoms with Crippen LogP contribution >= 0.6 is 0 Å². The molecule has 1 saturated carbocycles. The van der Waals surface area contributed by atoms with E-state index in [1.807, 2.05) is 0 Å². The summed E-state index contributed by atoms with van der Waals surface area (Å²) in [5.41, 5.74) is 0. The molecule has 0 aromatic rings. The Morgan fingerprint density at radius 3 is 2.08 bits per heavy atom. The van der Waals surface area contributed by atoms with Crippen LogP contribution in [0, 0.1) is 29.6 Å². The second kappa shape index (κ2) is 4.48. The first-order valence-corrected chi connectivity index (χ1v) is 6.06. The van der Waals surface area contributed by atoms with Crippen molar-refractivity contribution in [2.45, 2.75) is 53.9 Å². The first-order chi connectivity index (χ1) is 6.06. The van der Waals surface area contributed by atoms with Crippen molar-refractivity contribution in [2.75, 3.05) is 0 Å². The van der Waals surface area contributed by atoms with Gasteiger partial charge in [0.05, 0.1) is 0 Å². The van der Waals surface area contributed by atoms with Gasteiger partial charge in [-0.15, -0.1) is 0 Å². The Bertz CT molecular complexity index is 148. The van der Waals surface area contributed by atoms with Crippen molar-refractivity contribution >= 4 is 0 Å². The third-order valence-corrected chi connectivity index (χ3v) is 4.12. The third-order valence-electron chi connectivity index (χ3n) is 4.12. The Labute approximate surface area is 84.1 Å². The van der Waals surface area contributed by atoms with Crippen LogP contribution in [0.25, 0.3) is 0 Å². The average molecular weight is 182 g/mol. The molecule has 78 valence electrons. The number of hydrogen-bond donors (Lipinski definition) is 0. The highest BCUT2D eigenvalue weighted by molar-refractivity contribution is 4.89. The van der Waals surface area contributed by atoms with Gasteiger partial charge < -0.3 is 0 Å². The summed E-state index contributed by atoms with van der Waals surface area (Å²) in [6.07, 6.45) is 4.34. The van der Waals surface area contributed by atoms with Gasteiger partial charge in [-0.25, -0.2) is 0 Å². The minimum atomic E-state index is 0.924. The number of rotatable bonds is 5. The van der Waals surface area contributed by atoms with Gasteiger partial charge >= 0.3 is 0 Å². The first kappa shape index (κ1) is 11.1. The second-order valence-electron chi connectivity index (χ2n) is 5.50. The van der Waals surface area contributed by atoms with Gasteiger partial charge in [-0.1, -0.05) is 41.0 Å². The highest BCUT2D eigenvalue weighted by Gasteiger charge is 2.39. The van der Waals surface area contributed by atoms with E-state index in [0.717, 1.165) is 29.6 Å². The molecule has 1 aliphatic carbocycles. The molecule has 1 rings (SSSR count). The molecule has 0 spiro atoms. The van der Waals surface area contributed by atoms with E-state index in [0.29, 0.717) is 0 Å². The maximum atomic E-state index is 2.43. The van der Waals surface area contributed by atoms with E-state index in [-0.39, 0.29) is 0 Å². The average Bonchev–Trinajstić information content (AvgIpc) is 2.82. The quantitative estimate of drug-likeness (QED) is 0.593. The standard InChI is InChI=1S/C13H26/c1-6-10(4)11(5)7-12-8-13(12)9(2)3/h9-13H,6-8H2,1-5H3. The lowest BCUT2D eigenvalue weighted by molar-refractivity contribution is 0.326. The lowest BCUT2D eigenvalue weighted by atomic mass is 9.88. The number of hydrogen-bond acceptors (Lipinski definition) is 0. The molecule has 13 heavy (non-hydrogen) atoms. The van der Waals surface area contributed by atoms with Crippen LogP contribution in [0.2, 0.25) is 0 Å². The van der Waals surface area contributed by atoms with Crippen molar-refractivity contribution in [2.24, 2.45) is 29.6 Å². The Kier molecular flexibility index (Phi) is 3.82. The highest BCUT2D eigenvalue weighted by atomic mass is 14.4. The molecular weight excluding hydrogens is 156 g/mol. The van der Waals surface area contributed by atoms with Crippen molar-refractivity contribution in [3.8, 4) is 0 Å². The van der Waals surface area contributed by atoms with E-state index in [4.69, 9.17) is 0 Å². The van der Waals surface area contributed by atoms with Gasteiger partial charge in [-0.05, 0) is 42.4 Å². The van der Waals surface area contributed by atoms with Crippen LogP contribution < -0.4 is 0 Å². The smallest absolute Gasteiger partial charge is 0.0360 e. The molecule has 0 aliphatic heterocycles. The fourth-order valence-electron chi connectivity index (χ4n) is 2.47.